The van der Waals surface area contributed by atoms with Crippen molar-refractivity contribution in [1.82, 2.24) is 0 Å². The predicted octanol–water partition coefficient (Wildman–Crippen LogP) is 3.40. The van der Waals surface area contributed by atoms with Crippen molar-refractivity contribution in [3.05, 3.63) is 9.81 Å². The maximum absolute atomic E-state index is 11.7. The second-order valence-electron chi connectivity index (χ2n) is 3.13. The second-order valence-corrected chi connectivity index (χ2v) is 5.74. The molecular weight excluding hydrogens is 200 g/mol. The molecule has 0 amide bonds. The van der Waals surface area contributed by atoms with Gasteiger partial charge in [-0.1, -0.05) is 27.7 Å². The molecule has 0 aliphatic rings. The molecule has 0 radical (unpaired) electrons. The first-order chi connectivity index (χ1) is 6.08. The van der Waals surface area contributed by atoms with Gasteiger partial charge in [0, 0.05) is 21.5 Å². The topological polar surface area (TPSA) is 17.1 Å². The third-order valence-electron chi connectivity index (χ3n) is 1.88. The third-order valence-corrected chi connectivity index (χ3v) is 4.75. The minimum Gasteiger partial charge on any atom is -0.255 e. The fraction of sp³-hybridized carbons (Fsp3) is 0.800. The fourth-order valence-electron chi connectivity index (χ4n) is 1.29. The van der Waals surface area contributed by atoms with Crippen LogP contribution in [-0.2, 0) is 10.8 Å². The molecule has 0 aliphatic heterocycles. The summed E-state index contributed by atoms with van der Waals surface area (Å²) in [5.74, 6) is 1.24. The van der Waals surface area contributed by atoms with E-state index in [0.717, 1.165) is 17.1 Å². The van der Waals surface area contributed by atoms with Crippen LogP contribution >= 0.6 is 11.8 Å². The van der Waals surface area contributed by atoms with Gasteiger partial charge in [0.2, 0.25) is 0 Å². The Morgan fingerprint density at radius 1 is 1.38 bits per heavy atom. The summed E-state index contributed by atoms with van der Waals surface area (Å²) in [4.78, 5) is 2.45. The third kappa shape index (κ3) is 3.86. The molecule has 13 heavy (non-hydrogen) atoms. The van der Waals surface area contributed by atoms with E-state index in [1.807, 2.05) is 6.92 Å². The zero-order valence-corrected chi connectivity index (χ0v) is 10.8. The lowest BCUT2D eigenvalue weighted by atomic mass is 10.2. The van der Waals surface area contributed by atoms with E-state index in [-0.39, 0.29) is 0 Å². The van der Waals surface area contributed by atoms with Crippen molar-refractivity contribution in [2.45, 2.75) is 34.1 Å². The molecule has 0 saturated heterocycles. The molecule has 3 heteroatoms. The Morgan fingerprint density at radius 2 is 1.92 bits per heavy atom. The van der Waals surface area contributed by atoms with E-state index >= 15 is 0 Å². The number of hydrogen-bond donors (Lipinski definition) is 0. The molecule has 1 unspecified atom stereocenters. The summed E-state index contributed by atoms with van der Waals surface area (Å²) in [5.41, 5.74) is 0. The number of hydrogen-bond acceptors (Lipinski definition) is 2. The monoisotopic (exact) mass is 220 g/mol. The molecular formula is C10H20OS2. The van der Waals surface area contributed by atoms with Crippen molar-refractivity contribution in [2.24, 2.45) is 5.92 Å². The van der Waals surface area contributed by atoms with E-state index in [1.165, 1.54) is 4.91 Å². The summed E-state index contributed by atoms with van der Waals surface area (Å²) < 4.78 is 11.7. The molecule has 78 valence electrons. The van der Waals surface area contributed by atoms with Crippen LogP contribution < -0.4 is 0 Å². The van der Waals surface area contributed by atoms with Gasteiger partial charge in [0.05, 0.1) is 0 Å². The lowest BCUT2D eigenvalue weighted by molar-refractivity contribution is 0.685. The van der Waals surface area contributed by atoms with E-state index in [9.17, 15) is 4.21 Å². The van der Waals surface area contributed by atoms with Crippen LogP contribution in [0.1, 0.15) is 34.1 Å². The van der Waals surface area contributed by atoms with Crippen molar-refractivity contribution in [2.75, 3.05) is 12.0 Å². The number of allylic oxidation sites excluding steroid dienone is 2. The van der Waals surface area contributed by atoms with Crippen LogP contribution in [-0.4, -0.2) is 16.2 Å². The summed E-state index contributed by atoms with van der Waals surface area (Å²) in [6, 6.07) is 0. The normalized spacial score (nSPS) is 15.8. The van der Waals surface area contributed by atoms with E-state index in [2.05, 4.69) is 27.0 Å². The van der Waals surface area contributed by atoms with Gasteiger partial charge in [0.1, 0.15) is 0 Å². The first-order valence-electron chi connectivity index (χ1n) is 4.73. The zero-order chi connectivity index (χ0) is 10.4. The Morgan fingerprint density at radius 3 is 2.15 bits per heavy atom. The molecule has 0 saturated carbocycles. The summed E-state index contributed by atoms with van der Waals surface area (Å²) in [6.07, 6.45) is 2.98. The second kappa shape index (κ2) is 6.66. The highest BCUT2D eigenvalue weighted by molar-refractivity contribution is 8.03. The molecule has 0 aromatic carbocycles. The summed E-state index contributed by atoms with van der Waals surface area (Å²) in [6.45, 7) is 8.38. The van der Waals surface area contributed by atoms with Crippen molar-refractivity contribution in [3.63, 3.8) is 0 Å². The average molecular weight is 220 g/mol. The largest absolute Gasteiger partial charge is 0.255 e. The summed E-state index contributed by atoms with van der Waals surface area (Å²) in [7, 11) is -0.757. The van der Waals surface area contributed by atoms with Gasteiger partial charge in [-0.05, 0) is 23.5 Å². The SMILES string of the molecule is CC/C(=C(\SC)C(C)C)S(=O)CC. The molecule has 0 spiro atoms. The Kier molecular flexibility index (Phi) is 6.78. The molecule has 0 aromatic heterocycles. The Balaban J connectivity index is 4.93. The fourth-order valence-corrected chi connectivity index (χ4v) is 3.80. The highest BCUT2D eigenvalue weighted by Crippen LogP contribution is 2.28. The highest BCUT2D eigenvalue weighted by Gasteiger charge is 2.12. The van der Waals surface area contributed by atoms with Crippen molar-refractivity contribution < 1.29 is 4.21 Å². The number of thioether (sulfide) groups is 1. The smallest absolute Gasteiger partial charge is 0.0493 e. The molecule has 0 heterocycles. The van der Waals surface area contributed by atoms with Gasteiger partial charge in [-0.25, -0.2) is 0 Å². The molecule has 0 aromatic rings. The molecule has 0 aliphatic carbocycles. The molecule has 1 nitrogen and oxygen atoms in total. The van der Waals surface area contributed by atoms with Gasteiger partial charge in [-0.3, -0.25) is 4.21 Å². The van der Waals surface area contributed by atoms with Crippen LogP contribution in [0, 0.1) is 5.92 Å². The van der Waals surface area contributed by atoms with E-state index < -0.39 is 10.8 Å². The molecule has 0 rings (SSSR count). The van der Waals surface area contributed by atoms with Gasteiger partial charge in [0.25, 0.3) is 0 Å². The molecule has 0 bridgehead atoms. The van der Waals surface area contributed by atoms with Crippen LogP contribution in [0.4, 0.5) is 0 Å². The Hall–Kier alpha value is 0.240. The van der Waals surface area contributed by atoms with Gasteiger partial charge in [0.15, 0.2) is 0 Å². The zero-order valence-electron chi connectivity index (χ0n) is 9.22. The Labute approximate surface area is 88.8 Å². The van der Waals surface area contributed by atoms with E-state index in [0.29, 0.717) is 5.92 Å². The lowest BCUT2D eigenvalue weighted by Crippen LogP contribution is -2.03. The van der Waals surface area contributed by atoms with Gasteiger partial charge >= 0.3 is 0 Å². The van der Waals surface area contributed by atoms with Gasteiger partial charge in [-0.15, -0.1) is 11.8 Å². The average Bonchev–Trinajstić information content (AvgIpc) is 2.12. The summed E-state index contributed by atoms with van der Waals surface area (Å²) >= 11 is 1.74. The van der Waals surface area contributed by atoms with Crippen LogP contribution in [0.5, 0.6) is 0 Å². The van der Waals surface area contributed by atoms with Crippen molar-refractivity contribution in [3.8, 4) is 0 Å². The maximum Gasteiger partial charge on any atom is 0.0493 e. The number of rotatable bonds is 5. The van der Waals surface area contributed by atoms with Gasteiger partial charge in [-0.2, -0.15) is 0 Å². The van der Waals surface area contributed by atoms with Crippen molar-refractivity contribution in [1.29, 1.82) is 0 Å². The van der Waals surface area contributed by atoms with E-state index in [4.69, 9.17) is 0 Å². The molecule has 1 atom stereocenters. The standard InChI is InChI=1S/C10H20OS2/c1-6-9(13(11)7-2)10(12-5)8(3)4/h8H,6-7H2,1-5H3/b10-9+. The van der Waals surface area contributed by atoms with Crippen LogP contribution in [0.25, 0.3) is 0 Å². The van der Waals surface area contributed by atoms with Crippen molar-refractivity contribution >= 4 is 22.6 Å². The highest BCUT2D eigenvalue weighted by atomic mass is 32.2. The maximum atomic E-state index is 11.7. The first-order valence-corrected chi connectivity index (χ1v) is 7.28. The minimum atomic E-state index is -0.757. The van der Waals surface area contributed by atoms with Crippen LogP contribution in [0.2, 0.25) is 0 Å². The predicted molar refractivity (Wildman–Crippen MR) is 64.4 cm³/mol. The summed E-state index contributed by atoms with van der Waals surface area (Å²) in [5, 5.41) is 0. The van der Waals surface area contributed by atoms with Crippen LogP contribution in [0.3, 0.4) is 0 Å². The first kappa shape index (κ1) is 13.2. The van der Waals surface area contributed by atoms with Gasteiger partial charge < -0.3 is 0 Å². The lowest BCUT2D eigenvalue weighted by Gasteiger charge is -2.14. The van der Waals surface area contributed by atoms with Crippen LogP contribution in [0.15, 0.2) is 9.81 Å². The van der Waals surface area contributed by atoms with E-state index in [1.54, 1.807) is 11.8 Å². The quantitative estimate of drug-likeness (QED) is 0.706. The molecule has 0 N–H and O–H groups in total. The Bertz CT molecular complexity index is 207. The minimum absolute atomic E-state index is 0.500. The molecule has 0 fully saturated rings.